The normalized spacial score (nSPS) is 10.1. The zero-order valence-electron chi connectivity index (χ0n) is 9.85. The lowest BCUT2D eigenvalue weighted by atomic mass is 10.3. The third kappa shape index (κ3) is 3.01. The van der Waals surface area contributed by atoms with E-state index in [0.717, 1.165) is 12.1 Å². The van der Waals surface area contributed by atoms with Gasteiger partial charge in [0.05, 0.1) is 19.5 Å². The van der Waals surface area contributed by atoms with E-state index in [9.17, 15) is 13.6 Å². The van der Waals surface area contributed by atoms with Crippen LogP contribution in [-0.4, -0.2) is 23.0 Å². The van der Waals surface area contributed by atoms with Gasteiger partial charge in [0.1, 0.15) is 5.82 Å². The number of anilines is 2. The highest BCUT2D eigenvalue weighted by molar-refractivity contribution is 5.86. The van der Waals surface area contributed by atoms with Crippen LogP contribution < -0.4 is 5.32 Å². The number of ether oxygens (including phenoxy) is 1. The van der Waals surface area contributed by atoms with Crippen molar-refractivity contribution in [2.45, 2.75) is 0 Å². The first kappa shape index (κ1) is 12.9. The van der Waals surface area contributed by atoms with E-state index in [0.29, 0.717) is 11.5 Å². The van der Waals surface area contributed by atoms with E-state index in [1.165, 1.54) is 25.6 Å². The number of halogens is 2. The first-order valence-corrected chi connectivity index (χ1v) is 5.22. The Balaban J connectivity index is 2.15. The number of nitrogens with one attached hydrogen (secondary N) is 1. The molecule has 0 unspecified atom stereocenters. The van der Waals surface area contributed by atoms with Crippen LogP contribution in [0, 0.1) is 11.6 Å². The third-order valence-electron chi connectivity index (χ3n) is 2.24. The summed E-state index contributed by atoms with van der Waals surface area (Å²) >= 11 is 0. The lowest BCUT2D eigenvalue weighted by Crippen LogP contribution is -2.05. The van der Waals surface area contributed by atoms with Crippen LogP contribution in [0.1, 0.15) is 10.5 Å². The number of aromatic nitrogens is 2. The van der Waals surface area contributed by atoms with E-state index < -0.39 is 17.6 Å². The highest BCUT2D eigenvalue weighted by Gasteiger charge is 2.08. The standard InChI is InChI=1S/C12H9F2N3O2/c1-19-12(18)10-5-16-11(6-15-10)17-7-2-3-8(13)9(14)4-7/h2-6H,1H3,(H,16,17). The topological polar surface area (TPSA) is 64.1 Å². The zero-order chi connectivity index (χ0) is 13.8. The fraction of sp³-hybridized carbons (Fsp3) is 0.0833. The quantitative estimate of drug-likeness (QED) is 0.862. The van der Waals surface area contributed by atoms with Crippen LogP contribution in [0.15, 0.2) is 30.6 Å². The summed E-state index contributed by atoms with van der Waals surface area (Å²) in [4.78, 5) is 18.9. The monoisotopic (exact) mass is 265 g/mol. The van der Waals surface area contributed by atoms with Gasteiger partial charge in [-0.3, -0.25) is 0 Å². The van der Waals surface area contributed by atoms with E-state index in [-0.39, 0.29) is 5.69 Å². The van der Waals surface area contributed by atoms with Crippen molar-refractivity contribution in [3.05, 3.63) is 47.9 Å². The summed E-state index contributed by atoms with van der Waals surface area (Å²) in [6.45, 7) is 0. The van der Waals surface area contributed by atoms with Crippen LogP contribution in [0.5, 0.6) is 0 Å². The molecule has 0 radical (unpaired) electrons. The van der Waals surface area contributed by atoms with Gasteiger partial charge in [0.2, 0.25) is 0 Å². The first-order valence-electron chi connectivity index (χ1n) is 5.22. The molecule has 0 bridgehead atoms. The Bertz CT molecular complexity index is 602. The molecule has 0 fully saturated rings. The lowest BCUT2D eigenvalue weighted by Gasteiger charge is -2.05. The Kier molecular flexibility index (Phi) is 3.65. The first-order chi connectivity index (χ1) is 9.10. The van der Waals surface area contributed by atoms with Crippen molar-refractivity contribution in [1.82, 2.24) is 9.97 Å². The third-order valence-corrected chi connectivity index (χ3v) is 2.24. The van der Waals surface area contributed by atoms with Crippen LogP contribution in [0.4, 0.5) is 20.3 Å². The molecule has 1 N–H and O–H groups in total. The van der Waals surface area contributed by atoms with Crippen molar-refractivity contribution in [2.75, 3.05) is 12.4 Å². The second kappa shape index (κ2) is 5.38. The van der Waals surface area contributed by atoms with Gasteiger partial charge >= 0.3 is 5.97 Å². The summed E-state index contributed by atoms with van der Waals surface area (Å²) in [6.07, 6.45) is 2.50. The number of carbonyl (C=O) groups excluding carboxylic acids is 1. The molecule has 0 atom stereocenters. The molecule has 0 amide bonds. The minimum Gasteiger partial charge on any atom is -0.464 e. The molecule has 2 aromatic rings. The van der Waals surface area contributed by atoms with Crippen LogP contribution >= 0.6 is 0 Å². The molecule has 0 saturated carbocycles. The minimum atomic E-state index is -0.968. The van der Waals surface area contributed by atoms with Gasteiger partial charge in [-0.1, -0.05) is 0 Å². The van der Waals surface area contributed by atoms with Crippen molar-refractivity contribution in [1.29, 1.82) is 0 Å². The summed E-state index contributed by atoms with van der Waals surface area (Å²) in [5, 5.41) is 2.72. The Hall–Kier alpha value is -2.57. The van der Waals surface area contributed by atoms with E-state index in [2.05, 4.69) is 20.0 Å². The van der Waals surface area contributed by atoms with Crippen molar-refractivity contribution in [3.63, 3.8) is 0 Å². The van der Waals surface area contributed by atoms with E-state index in [1.54, 1.807) is 0 Å². The minimum absolute atomic E-state index is 0.0540. The molecule has 1 heterocycles. The molecule has 0 aliphatic rings. The molecule has 0 saturated heterocycles. The number of esters is 1. The van der Waals surface area contributed by atoms with E-state index >= 15 is 0 Å². The molecule has 2 rings (SSSR count). The van der Waals surface area contributed by atoms with E-state index in [1.807, 2.05) is 0 Å². The molecule has 7 heteroatoms. The summed E-state index contributed by atoms with van der Waals surface area (Å²) in [5.74, 6) is -2.22. The molecule has 5 nitrogen and oxygen atoms in total. The van der Waals surface area contributed by atoms with Crippen molar-refractivity contribution in [2.24, 2.45) is 0 Å². The number of methoxy groups -OCH3 is 1. The van der Waals surface area contributed by atoms with Crippen LogP contribution in [0.25, 0.3) is 0 Å². The SMILES string of the molecule is COC(=O)c1cnc(Nc2ccc(F)c(F)c2)cn1. The maximum Gasteiger partial charge on any atom is 0.358 e. The summed E-state index contributed by atoms with van der Waals surface area (Å²) in [7, 11) is 1.23. The summed E-state index contributed by atoms with van der Waals surface area (Å²) in [5.41, 5.74) is 0.373. The van der Waals surface area contributed by atoms with E-state index in [4.69, 9.17) is 0 Å². The molecular weight excluding hydrogens is 256 g/mol. The number of hydrogen-bond acceptors (Lipinski definition) is 5. The number of benzene rings is 1. The predicted octanol–water partition coefficient (Wildman–Crippen LogP) is 2.29. The fourth-order valence-corrected chi connectivity index (χ4v) is 1.32. The molecule has 0 aliphatic heterocycles. The number of rotatable bonds is 3. The van der Waals surface area contributed by atoms with Crippen LogP contribution in [-0.2, 0) is 4.74 Å². The molecule has 1 aromatic heterocycles. The van der Waals surface area contributed by atoms with Gasteiger partial charge < -0.3 is 10.1 Å². The lowest BCUT2D eigenvalue weighted by molar-refractivity contribution is 0.0593. The molecule has 0 spiro atoms. The van der Waals surface area contributed by atoms with Crippen molar-refractivity contribution >= 4 is 17.5 Å². The van der Waals surface area contributed by atoms with Crippen molar-refractivity contribution < 1.29 is 18.3 Å². The largest absolute Gasteiger partial charge is 0.464 e. The highest BCUT2D eigenvalue weighted by Crippen LogP contribution is 2.16. The second-order valence-corrected chi connectivity index (χ2v) is 3.53. The Labute approximate surface area is 107 Å². The van der Waals surface area contributed by atoms with Gasteiger partial charge in [-0.05, 0) is 12.1 Å². The average Bonchev–Trinajstić information content (AvgIpc) is 2.43. The van der Waals surface area contributed by atoms with Gasteiger partial charge in [0.25, 0.3) is 0 Å². The molecule has 19 heavy (non-hydrogen) atoms. The maximum absolute atomic E-state index is 13.0. The second-order valence-electron chi connectivity index (χ2n) is 3.53. The van der Waals surface area contributed by atoms with Gasteiger partial charge in [-0.25, -0.2) is 23.5 Å². The molecule has 0 aliphatic carbocycles. The van der Waals surface area contributed by atoms with Crippen molar-refractivity contribution in [3.8, 4) is 0 Å². The van der Waals surface area contributed by atoms with Gasteiger partial charge in [-0.15, -0.1) is 0 Å². The van der Waals surface area contributed by atoms with Gasteiger partial charge in [0, 0.05) is 11.8 Å². The van der Waals surface area contributed by atoms with Gasteiger partial charge in [0.15, 0.2) is 17.3 Å². The molecular formula is C12H9F2N3O2. The number of hydrogen-bond donors (Lipinski definition) is 1. The zero-order valence-corrected chi connectivity index (χ0v) is 9.85. The maximum atomic E-state index is 13.0. The Morgan fingerprint density at radius 2 is 2.00 bits per heavy atom. The summed E-state index contributed by atoms with van der Waals surface area (Å²) < 4.78 is 30.2. The van der Waals surface area contributed by atoms with Crippen LogP contribution in [0.2, 0.25) is 0 Å². The predicted molar refractivity (Wildman–Crippen MR) is 63.0 cm³/mol. The smallest absolute Gasteiger partial charge is 0.358 e. The highest BCUT2D eigenvalue weighted by atomic mass is 19.2. The molecule has 1 aromatic carbocycles. The van der Waals surface area contributed by atoms with Crippen LogP contribution in [0.3, 0.4) is 0 Å². The number of carbonyl (C=O) groups is 1. The van der Waals surface area contributed by atoms with Gasteiger partial charge in [-0.2, -0.15) is 0 Å². The fourth-order valence-electron chi connectivity index (χ4n) is 1.32. The average molecular weight is 265 g/mol. The molecule has 98 valence electrons. The Morgan fingerprint density at radius 3 is 2.58 bits per heavy atom. The number of nitrogens with zero attached hydrogens (tertiary/aromatic N) is 2. The summed E-state index contributed by atoms with van der Waals surface area (Å²) in [6, 6.07) is 3.34. The Morgan fingerprint density at radius 1 is 1.21 bits per heavy atom.